The Hall–Kier alpha value is -2.21. The number of carbonyl (C=O) groups is 2. The molecule has 1 spiro atoms. The van der Waals surface area contributed by atoms with Crippen molar-refractivity contribution in [3.63, 3.8) is 0 Å². The molecular weight excluding hydrogens is 370 g/mol. The smallest absolute Gasteiger partial charge is 0.273 e. The van der Waals surface area contributed by atoms with Crippen LogP contribution >= 0.6 is 11.3 Å². The number of hydrogen-bond acceptors (Lipinski definition) is 4. The molecule has 2 aliphatic rings. The minimum atomic E-state index is -0.415. The van der Waals surface area contributed by atoms with Gasteiger partial charge in [-0.25, -0.2) is 4.98 Å². The van der Waals surface area contributed by atoms with Crippen molar-refractivity contribution >= 4 is 23.2 Å². The Morgan fingerprint density at radius 1 is 1.21 bits per heavy atom. The van der Waals surface area contributed by atoms with E-state index >= 15 is 0 Å². The monoisotopic (exact) mass is 397 g/mol. The zero-order valence-corrected chi connectivity index (χ0v) is 17.4. The minimum absolute atomic E-state index is 0.0488. The van der Waals surface area contributed by atoms with Gasteiger partial charge in [0.1, 0.15) is 5.69 Å². The summed E-state index contributed by atoms with van der Waals surface area (Å²) in [4.78, 5) is 33.9. The number of thiazole rings is 1. The SMILES string of the molecule is CC(C)c1ccc(CN2CCC[C@]3(CCN(C(=O)c4cscn4)C3)C2=O)cc1. The summed E-state index contributed by atoms with van der Waals surface area (Å²) >= 11 is 1.42. The lowest BCUT2D eigenvalue weighted by Crippen LogP contribution is -2.50. The molecule has 3 heterocycles. The molecule has 6 heteroatoms. The van der Waals surface area contributed by atoms with E-state index in [-0.39, 0.29) is 11.8 Å². The molecule has 5 nitrogen and oxygen atoms in total. The van der Waals surface area contributed by atoms with Gasteiger partial charge in [-0.05, 0) is 36.3 Å². The Balaban J connectivity index is 1.45. The highest BCUT2D eigenvalue weighted by Gasteiger charge is 2.49. The van der Waals surface area contributed by atoms with Crippen LogP contribution in [0.5, 0.6) is 0 Å². The largest absolute Gasteiger partial charge is 0.338 e. The summed E-state index contributed by atoms with van der Waals surface area (Å²) in [5, 5.41) is 1.78. The van der Waals surface area contributed by atoms with Crippen LogP contribution in [0.4, 0.5) is 0 Å². The summed E-state index contributed by atoms with van der Waals surface area (Å²) in [5.74, 6) is 0.668. The topological polar surface area (TPSA) is 53.5 Å². The highest BCUT2D eigenvalue weighted by molar-refractivity contribution is 7.07. The van der Waals surface area contributed by atoms with Crippen LogP contribution in [-0.4, -0.2) is 46.2 Å². The van der Waals surface area contributed by atoms with Crippen molar-refractivity contribution < 1.29 is 9.59 Å². The van der Waals surface area contributed by atoms with E-state index in [0.717, 1.165) is 25.8 Å². The van der Waals surface area contributed by atoms with Crippen molar-refractivity contribution in [3.8, 4) is 0 Å². The first kappa shape index (κ1) is 19.1. The van der Waals surface area contributed by atoms with Gasteiger partial charge >= 0.3 is 0 Å². The first-order chi connectivity index (χ1) is 13.5. The van der Waals surface area contributed by atoms with Crippen LogP contribution in [0, 0.1) is 5.41 Å². The zero-order valence-electron chi connectivity index (χ0n) is 16.6. The first-order valence-corrected chi connectivity index (χ1v) is 11.0. The van der Waals surface area contributed by atoms with Gasteiger partial charge in [-0.3, -0.25) is 9.59 Å². The molecule has 2 aromatic rings. The van der Waals surface area contributed by atoms with E-state index in [1.807, 2.05) is 9.80 Å². The maximum Gasteiger partial charge on any atom is 0.273 e. The molecule has 2 fully saturated rings. The summed E-state index contributed by atoms with van der Waals surface area (Å²) in [6, 6.07) is 8.59. The van der Waals surface area contributed by atoms with Gasteiger partial charge in [-0.15, -0.1) is 11.3 Å². The standard InChI is InChI=1S/C22H27N3O2S/c1-16(2)18-6-4-17(5-7-18)12-24-10-3-8-22(21(24)27)9-11-25(14-22)20(26)19-13-28-15-23-19/h4-7,13,15-16H,3,8-12,14H2,1-2H3/t22-/m1/s1. The molecule has 0 bridgehead atoms. The van der Waals surface area contributed by atoms with Crippen LogP contribution in [0.15, 0.2) is 35.2 Å². The van der Waals surface area contributed by atoms with Gasteiger partial charge in [-0.2, -0.15) is 0 Å². The zero-order chi connectivity index (χ0) is 19.7. The molecular formula is C22H27N3O2S. The molecule has 148 valence electrons. The van der Waals surface area contributed by atoms with E-state index in [1.54, 1.807) is 10.9 Å². The van der Waals surface area contributed by atoms with Crippen LogP contribution in [0.2, 0.25) is 0 Å². The minimum Gasteiger partial charge on any atom is -0.338 e. The third kappa shape index (κ3) is 3.58. The summed E-state index contributed by atoms with van der Waals surface area (Å²) in [6.07, 6.45) is 2.62. The van der Waals surface area contributed by atoms with Gasteiger partial charge in [0.25, 0.3) is 5.91 Å². The molecule has 1 aromatic carbocycles. The van der Waals surface area contributed by atoms with Gasteiger partial charge in [0, 0.05) is 31.6 Å². The van der Waals surface area contributed by atoms with Crippen LogP contribution in [-0.2, 0) is 11.3 Å². The highest BCUT2D eigenvalue weighted by atomic mass is 32.1. The van der Waals surface area contributed by atoms with E-state index in [4.69, 9.17) is 0 Å². The van der Waals surface area contributed by atoms with Crippen LogP contribution in [0.3, 0.4) is 0 Å². The van der Waals surface area contributed by atoms with Crippen molar-refractivity contribution in [2.75, 3.05) is 19.6 Å². The summed E-state index contributed by atoms with van der Waals surface area (Å²) in [5.41, 5.74) is 4.24. The Morgan fingerprint density at radius 2 is 2.00 bits per heavy atom. The van der Waals surface area contributed by atoms with E-state index in [9.17, 15) is 9.59 Å². The number of aromatic nitrogens is 1. The van der Waals surface area contributed by atoms with Crippen LogP contribution in [0.1, 0.15) is 60.6 Å². The lowest BCUT2D eigenvalue weighted by Gasteiger charge is -2.39. The molecule has 0 aliphatic carbocycles. The van der Waals surface area contributed by atoms with Crippen molar-refractivity contribution in [2.45, 2.75) is 45.6 Å². The summed E-state index contributed by atoms with van der Waals surface area (Å²) in [7, 11) is 0. The second-order valence-corrected chi connectivity index (χ2v) is 9.08. The number of rotatable bonds is 4. The number of carbonyl (C=O) groups excluding carboxylic acids is 2. The predicted molar refractivity (Wildman–Crippen MR) is 110 cm³/mol. The number of hydrogen-bond donors (Lipinski definition) is 0. The van der Waals surface area contributed by atoms with E-state index in [2.05, 4.69) is 43.1 Å². The van der Waals surface area contributed by atoms with Gasteiger partial charge in [0.2, 0.25) is 5.91 Å². The van der Waals surface area contributed by atoms with Gasteiger partial charge in [0.05, 0.1) is 10.9 Å². The summed E-state index contributed by atoms with van der Waals surface area (Å²) in [6.45, 7) is 6.98. The predicted octanol–water partition coefficient (Wildman–Crippen LogP) is 3.92. The molecule has 1 atom stereocenters. The molecule has 2 amide bonds. The summed E-state index contributed by atoms with van der Waals surface area (Å²) < 4.78 is 0. The van der Waals surface area contributed by atoms with E-state index in [0.29, 0.717) is 31.2 Å². The average Bonchev–Trinajstić information content (AvgIpc) is 3.37. The normalized spacial score (nSPS) is 22.5. The lowest BCUT2D eigenvalue weighted by atomic mass is 9.78. The molecule has 0 N–H and O–H groups in total. The highest BCUT2D eigenvalue weighted by Crippen LogP contribution is 2.41. The van der Waals surface area contributed by atoms with Crippen LogP contribution < -0.4 is 0 Å². The van der Waals surface area contributed by atoms with Crippen molar-refractivity contribution in [1.29, 1.82) is 0 Å². The number of piperidine rings is 1. The first-order valence-electron chi connectivity index (χ1n) is 10.0. The van der Waals surface area contributed by atoms with Crippen molar-refractivity contribution in [2.24, 2.45) is 5.41 Å². The van der Waals surface area contributed by atoms with Gasteiger partial charge in [-0.1, -0.05) is 38.1 Å². The third-order valence-corrected chi connectivity index (χ3v) is 6.72. The molecule has 2 aliphatic heterocycles. The second kappa shape index (κ2) is 7.66. The van der Waals surface area contributed by atoms with Crippen molar-refractivity contribution in [3.05, 3.63) is 52.0 Å². The molecule has 2 saturated heterocycles. The fourth-order valence-electron chi connectivity index (χ4n) is 4.44. The quantitative estimate of drug-likeness (QED) is 0.786. The molecule has 0 saturated carbocycles. The van der Waals surface area contributed by atoms with E-state index < -0.39 is 5.41 Å². The van der Waals surface area contributed by atoms with Gasteiger partial charge < -0.3 is 9.80 Å². The fourth-order valence-corrected chi connectivity index (χ4v) is 4.96. The number of amides is 2. The fraction of sp³-hybridized carbons (Fsp3) is 0.500. The van der Waals surface area contributed by atoms with Crippen LogP contribution in [0.25, 0.3) is 0 Å². The third-order valence-electron chi connectivity index (χ3n) is 6.14. The molecule has 1 aromatic heterocycles. The average molecular weight is 398 g/mol. The van der Waals surface area contributed by atoms with E-state index in [1.165, 1.54) is 22.5 Å². The Labute approximate surface area is 170 Å². The number of likely N-dealkylation sites (tertiary alicyclic amines) is 2. The Bertz CT molecular complexity index is 847. The maximum absolute atomic E-state index is 13.4. The van der Waals surface area contributed by atoms with Gasteiger partial charge in [0.15, 0.2) is 0 Å². The Kier molecular flexibility index (Phi) is 5.23. The lowest BCUT2D eigenvalue weighted by molar-refractivity contribution is -0.146. The number of nitrogens with zero attached hydrogens (tertiary/aromatic N) is 3. The van der Waals surface area contributed by atoms with Crippen molar-refractivity contribution in [1.82, 2.24) is 14.8 Å². The molecule has 4 rings (SSSR count). The maximum atomic E-state index is 13.4. The second-order valence-electron chi connectivity index (χ2n) is 8.36. The Morgan fingerprint density at radius 3 is 2.68 bits per heavy atom. The molecule has 28 heavy (non-hydrogen) atoms. The molecule has 0 unspecified atom stereocenters. The number of benzene rings is 1. The molecule has 0 radical (unpaired) electrons.